The highest BCUT2D eigenvalue weighted by atomic mass is 16.5. The minimum Gasteiger partial charge on any atom is -0.453 e. The van der Waals surface area contributed by atoms with Gasteiger partial charge in [0.1, 0.15) is 0 Å². The van der Waals surface area contributed by atoms with E-state index in [1.54, 1.807) is 6.21 Å². The smallest absolute Gasteiger partial charge is 0.323 e. The Morgan fingerprint density at radius 1 is 1.28 bits per heavy atom. The Morgan fingerprint density at radius 2 is 2.12 bits per heavy atom. The summed E-state index contributed by atoms with van der Waals surface area (Å²) in [5.74, 6) is 0.196. The molecule has 3 heterocycles. The number of rotatable bonds is 9. The van der Waals surface area contributed by atoms with Crippen molar-refractivity contribution in [3.63, 3.8) is 0 Å². The molecule has 1 aromatic carbocycles. The first kappa shape index (κ1) is 21.5. The Balaban J connectivity index is 1.49. The second-order valence-corrected chi connectivity index (χ2v) is 6.86. The number of aromatic nitrogens is 4. The van der Waals surface area contributed by atoms with Crippen LogP contribution in [0.25, 0.3) is 10.9 Å². The molecule has 0 saturated carbocycles. The molecular weight excluding hydrogens is 416 g/mol. The van der Waals surface area contributed by atoms with Crippen molar-refractivity contribution in [3.8, 4) is 6.01 Å². The number of aliphatic hydroxyl groups excluding tert-OH is 1. The highest BCUT2D eigenvalue weighted by Gasteiger charge is 2.17. The third-order valence-electron chi connectivity index (χ3n) is 4.65. The van der Waals surface area contributed by atoms with Crippen LogP contribution in [-0.4, -0.2) is 83.2 Å². The van der Waals surface area contributed by atoms with Gasteiger partial charge in [-0.15, -0.1) is 0 Å². The first-order chi connectivity index (χ1) is 15.7. The van der Waals surface area contributed by atoms with Crippen LogP contribution in [0.5, 0.6) is 6.01 Å². The van der Waals surface area contributed by atoms with E-state index >= 15 is 0 Å². The Hall–Kier alpha value is -3.77. The summed E-state index contributed by atoms with van der Waals surface area (Å²) in [5, 5.41) is 16.6. The van der Waals surface area contributed by atoms with Gasteiger partial charge >= 0.3 is 6.01 Å². The summed E-state index contributed by atoms with van der Waals surface area (Å²) >= 11 is 0. The van der Waals surface area contributed by atoms with E-state index in [2.05, 4.69) is 35.8 Å². The zero-order chi connectivity index (χ0) is 22.2. The predicted octanol–water partition coefficient (Wildman–Crippen LogP) is 0.123. The van der Waals surface area contributed by atoms with Gasteiger partial charge in [0, 0.05) is 42.3 Å². The largest absolute Gasteiger partial charge is 0.453 e. The molecule has 1 aliphatic rings. The summed E-state index contributed by atoms with van der Waals surface area (Å²) in [6.45, 7) is 2.08. The number of carbonyl (C=O) groups excluding carboxylic acids is 1. The number of para-hydroxylation sites is 1. The molecule has 0 spiro atoms. The minimum atomic E-state index is -0.390. The SMILES string of the molecule is O=C(COc1nc(N/N=C/c2c[nH]c3ccccc23)nc(N2CCOCC2)n1)NCCO. The number of amides is 1. The summed E-state index contributed by atoms with van der Waals surface area (Å²) in [7, 11) is 0. The van der Waals surface area contributed by atoms with Gasteiger partial charge in [0.2, 0.25) is 5.95 Å². The first-order valence-electron chi connectivity index (χ1n) is 10.2. The van der Waals surface area contributed by atoms with Crippen molar-refractivity contribution in [2.75, 3.05) is 56.4 Å². The molecule has 1 amide bonds. The van der Waals surface area contributed by atoms with Gasteiger partial charge in [0.25, 0.3) is 11.9 Å². The van der Waals surface area contributed by atoms with Crippen LogP contribution in [-0.2, 0) is 9.53 Å². The molecule has 0 unspecified atom stereocenters. The quantitative estimate of drug-likeness (QED) is 0.269. The fourth-order valence-corrected chi connectivity index (χ4v) is 3.10. The van der Waals surface area contributed by atoms with Gasteiger partial charge in [-0.05, 0) is 6.07 Å². The van der Waals surface area contributed by atoms with Crippen molar-refractivity contribution >= 4 is 34.9 Å². The van der Waals surface area contributed by atoms with Crippen molar-refractivity contribution in [2.24, 2.45) is 5.10 Å². The summed E-state index contributed by atoms with van der Waals surface area (Å²) in [6, 6.07) is 7.90. The summed E-state index contributed by atoms with van der Waals surface area (Å²) in [6.07, 6.45) is 3.53. The van der Waals surface area contributed by atoms with Gasteiger partial charge in [-0.25, -0.2) is 5.43 Å². The summed E-state index contributed by atoms with van der Waals surface area (Å²) in [4.78, 5) is 29.8. The van der Waals surface area contributed by atoms with E-state index in [1.165, 1.54) is 0 Å². The Labute approximate surface area is 183 Å². The molecule has 4 N–H and O–H groups in total. The van der Waals surface area contributed by atoms with Gasteiger partial charge in [-0.2, -0.15) is 20.1 Å². The van der Waals surface area contributed by atoms with E-state index in [0.29, 0.717) is 32.3 Å². The van der Waals surface area contributed by atoms with Gasteiger partial charge < -0.3 is 29.8 Å². The molecule has 1 aliphatic heterocycles. The average Bonchev–Trinajstić information content (AvgIpc) is 3.25. The number of H-pyrrole nitrogens is 1. The van der Waals surface area contributed by atoms with Crippen molar-refractivity contribution in [2.45, 2.75) is 0 Å². The van der Waals surface area contributed by atoms with Crippen LogP contribution in [0, 0.1) is 0 Å². The number of nitrogens with zero attached hydrogens (tertiary/aromatic N) is 5. The molecule has 0 radical (unpaired) electrons. The standard InChI is InChI=1S/C20H24N8O4/c29-8-5-21-17(30)13-32-20-25-18(24-19(26-20)28-6-9-31-10-7-28)27-23-12-14-11-22-16-4-2-1-3-15(14)16/h1-4,11-12,22,29H,5-10,13H2,(H,21,30)(H,24,25,26,27)/b23-12+. The van der Waals surface area contributed by atoms with E-state index in [9.17, 15) is 4.79 Å². The maximum absolute atomic E-state index is 11.8. The maximum atomic E-state index is 11.8. The summed E-state index contributed by atoms with van der Waals surface area (Å²) < 4.78 is 10.8. The fraction of sp³-hybridized carbons (Fsp3) is 0.350. The number of morpholine rings is 1. The molecule has 12 heteroatoms. The second kappa shape index (κ2) is 10.5. The van der Waals surface area contributed by atoms with Crippen LogP contribution in [0.15, 0.2) is 35.6 Å². The lowest BCUT2D eigenvalue weighted by Crippen LogP contribution is -2.37. The lowest BCUT2D eigenvalue weighted by molar-refractivity contribution is -0.123. The topological polar surface area (TPSA) is 150 Å². The molecule has 2 aromatic heterocycles. The monoisotopic (exact) mass is 440 g/mol. The van der Waals surface area contributed by atoms with Crippen LogP contribution < -0.4 is 20.4 Å². The maximum Gasteiger partial charge on any atom is 0.323 e. The zero-order valence-electron chi connectivity index (χ0n) is 17.3. The molecule has 4 rings (SSSR count). The number of hydrazone groups is 1. The number of anilines is 2. The van der Waals surface area contributed by atoms with Crippen LogP contribution in [0.4, 0.5) is 11.9 Å². The predicted molar refractivity (Wildman–Crippen MR) is 118 cm³/mol. The number of ether oxygens (including phenoxy) is 2. The average molecular weight is 440 g/mol. The number of carbonyl (C=O) groups is 1. The Morgan fingerprint density at radius 3 is 2.97 bits per heavy atom. The molecular formula is C20H24N8O4. The minimum absolute atomic E-state index is 0.00886. The second-order valence-electron chi connectivity index (χ2n) is 6.86. The molecule has 1 saturated heterocycles. The number of benzene rings is 1. The number of nitrogens with one attached hydrogen (secondary N) is 3. The van der Waals surface area contributed by atoms with Crippen molar-refractivity contribution < 1.29 is 19.4 Å². The third-order valence-corrected chi connectivity index (χ3v) is 4.65. The Bertz CT molecular complexity index is 1080. The molecule has 12 nitrogen and oxygen atoms in total. The van der Waals surface area contributed by atoms with E-state index in [1.807, 2.05) is 35.4 Å². The lowest BCUT2D eigenvalue weighted by atomic mass is 10.2. The van der Waals surface area contributed by atoms with E-state index < -0.39 is 0 Å². The zero-order valence-corrected chi connectivity index (χ0v) is 17.3. The molecule has 0 atom stereocenters. The van der Waals surface area contributed by atoms with Crippen LogP contribution in [0.1, 0.15) is 5.56 Å². The lowest BCUT2D eigenvalue weighted by Gasteiger charge is -2.26. The molecule has 0 aliphatic carbocycles. The van der Waals surface area contributed by atoms with Crippen molar-refractivity contribution in [1.82, 2.24) is 25.3 Å². The Kier molecular flexibility index (Phi) is 7.05. The van der Waals surface area contributed by atoms with Gasteiger partial charge in [0.05, 0.1) is 26.0 Å². The molecule has 1 fully saturated rings. The first-order valence-corrected chi connectivity index (χ1v) is 10.2. The number of aromatic amines is 1. The summed E-state index contributed by atoms with van der Waals surface area (Å²) in [5.41, 5.74) is 4.73. The van der Waals surface area contributed by atoms with E-state index in [4.69, 9.17) is 14.6 Å². The molecule has 0 bridgehead atoms. The molecule has 168 valence electrons. The van der Waals surface area contributed by atoms with Crippen LogP contribution in [0.2, 0.25) is 0 Å². The number of aliphatic hydroxyl groups is 1. The normalized spacial score (nSPS) is 14.1. The fourth-order valence-electron chi connectivity index (χ4n) is 3.10. The van der Waals surface area contributed by atoms with E-state index in [0.717, 1.165) is 16.5 Å². The number of hydrogen-bond acceptors (Lipinski definition) is 10. The van der Waals surface area contributed by atoms with Gasteiger partial charge in [-0.1, -0.05) is 18.2 Å². The van der Waals surface area contributed by atoms with Crippen LogP contribution >= 0.6 is 0 Å². The van der Waals surface area contributed by atoms with E-state index in [-0.39, 0.29) is 37.6 Å². The number of fused-ring (bicyclic) bond motifs is 1. The van der Waals surface area contributed by atoms with Gasteiger partial charge in [-0.3, -0.25) is 4.79 Å². The van der Waals surface area contributed by atoms with Crippen molar-refractivity contribution in [1.29, 1.82) is 0 Å². The van der Waals surface area contributed by atoms with Gasteiger partial charge in [0.15, 0.2) is 6.61 Å². The molecule has 32 heavy (non-hydrogen) atoms. The molecule has 3 aromatic rings. The highest BCUT2D eigenvalue weighted by molar-refractivity contribution is 5.99. The van der Waals surface area contributed by atoms with Crippen LogP contribution in [0.3, 0.4) is 0 Å². The number of hydrogen-bond donors (Lipinski definition) is 4. The highest BCUT2D eigenvalue weighted by Crippen LogP contribution is 2.18. The van der Waals surface area contributed by atoms with Crippen molar-refractivity contribution in [3.05, 3.63) is 36.0 Å². The third kappa shape index (κ3) is 5.47.